The smallest absolute Gasteiger partial charge is 0.325 e. The van der Waals surface area contributed by atoms with E-state index >= 15 is 0 Å². The first-order valence-corrected chi connectivity index (χ1v) is 8.77. The number of hydrogen-bond donors (Lipinski definition) is 3. The Morgan fingerprint density at radius 3 is 2.65 bits per heavy atom. The molecule has 0 aromatic heterocycles. The second-order valence-electron chi connectivity index (χ2n) is 6.60. The van der Waals surface area contributed by atoms with Crippen molar-refractivity contribution >= 4 is 29.4 Å². The fourth-order valence-corrected chi connectivity index (χ4v) is 3.48. The molecule has 0 bridgehead atoms. The lowest BCUT2D eigenvalue weighted by Gasteiger charge is -2.19. The lowest BCUT2D eigenvalue weighted by Crippen LogP contribution is -2.44. The zero-order chi connectivity index (χ0) is 18.7. The van der Waals surface area contributed by atoms with Gasteiger partial charge in [0.15, 0.2) is 0 Å². The van der Waals surface area contributed by atoms with Gasteiger partial charge in [-0.15, -0.1) is 0 Å². The second kappa shape index (κ2) is 7.15. The van der Waals surface area contributed by atoms with Crippen LogP contribution in [0.15, 0.2) is 24.3 Å². The van der Waals surface area contributed by atoms with E-state index in [9.17, 15) is 19.2 Å². The van der Waals surface area contributed by atoms with Gasteiger partial charge in [-0.05, 0) is 38.0 Å². The van der Waals surface area contributed by atoms with Crippen LogP contribution in [0, 0.1) is 0 Å². The first kappa shape index (κ1) is 17.9. The van der Waals surface area contributed by atoms with Crippen LogP contribution < -0.4 is 16.0 Å². The highest BCUT2D eigenvalue weighted by molar-refractivity contribution is 6.10. The Bertz CT molecular complexity index is 755. The highest BCUT2D eigenvalue weighted by Crippen LogP contribution is 2.34. The Hall–Kier alpha value is -2.90. The average Bonchev–Trinajstić information content (AvgIpc) is 3.16. The van der Waals surface area contributed by atoms with E-state index < -0.39 is 17.5 Å². The van der Waals surface area contributed by atoms with E-state index in [-0.39, 0.29) is 18.4 Å². The number of carbonyl (C=O) groups is 4. The van der Waals surface area contributed by atoms with Crippen LogP contribution in [0.25, 0.3) is 0 Å². The first-order valence-electron chi connectivity index (χ1n) is 8.77. The summed E-state index contributed by atoms with van der Waals surface area (Å²) in [6.07, 6.45) is 3.01. The number of rotatable bonds is 5. The molecule has 1 saturated carbocycles. The van der Waals surface area contributed by atoms with E-state index in [4.69, 9.17) is 0 Å². The van der Waals surface area contributed by atoms with Crippen molar-refractivity contribution in [3.05, 3.63) is 29.8 Å². The topological polar surface area (TPSA) is 108 Å². The van der Waals surface area contributed by atoms with Crippen molar-refractivity contribution in [1.29, 1.82) is 0 Å². The molecule has 2 fully saturated rings. The van der Waals surface area contributed by atoms with Gasteiger partial charge in [0.1, 0.15) is 12.1 Å². The van der Waals surface area contributed by atoms with Crippen LogP contribution >= 0.6 is 0 Å². The van der Waals surface area contributed by atoms with Gasteiger partial charge in [-0.1, -0.05) is 18.9 Å². The standard InChI is InChI=1S/C18H22N4O4/c1-2-19-15(24)12-6-5-7-13(10-12)20-14(23)11-22-16(25)18(21-17(22)26)8-3-4-9-18/h5-7,10H,2-4,8-9,11H2,1H3,(H,19,24)(H,20,23)(H,21,26). The number of nitrogens with one attached hydrogen (secondary N) is 3. The summed E-state index contributed by atoms with van der Waals surface area (Å²) in [6, 6.07) is 5.96. The monoisotopic (exact) mass is 358 g/mol. The molecule has 3 N–H and O–H groups in total. The zero-order valence-corrected chi connectivity index (χ0v) is 14.6. The minimum Gasteiger partial charge on any atom is -0.352 e. The average molecular weight is 358 g/mol. The summed E-state index contributed by atoms with van der Waals surface area (Å²) < 4.78 is 0. The van der Waals surface area contributed by atoms with E-state index in [0.29, 0.717) is 30.6 Å². The van der Waals surface area contributed by atoms with Crippen molar-refractivity contribution in [2.24, 2.45) is 0 Å². The molecule has 0 radical (unpaired) electrons. The summed E-state index contributed by atoms with van der Waals surface area (Å²) >= 11 is 0. The maximum Gasteiger partial charge on any atom is 0.325 e. The molecule has 1 saturated heterocycles. The van der Waals surface area contributed by atoms with Gasteiger partial charge in [-0.2, -0.15) is 0 Å². The van der Waals surface area contributed by atoms with Crippen molar-refractivity contribution in [3.8, 4) is 0 Å². The van der Waals surface area contributed by atoms with Gasteiger partial charge < -0.3 is 16.0 Å². The van der Waals surface area contributed by atoms with Crippen LogP contribution in [0.1, 0.15) is 43.0 Å². The lowest BCUT2D eigenvalue weighted by atomic mass is 9.98. The Balaban J connectivity index is 1.64. The van der Waals surface area contributed by atoms with Crippen molar-refractivity contribution in [2.75, 3.05) is 18.4 Å². The Morgan fingerprint density at radius 1 is 1.23 bits per heavy atom. The molecule has 0 unspecified atom stereocenters. The number of anilines is 1. The Morgan fingerprint density at radius 2 is 1.96 bits per heavy atom. The summed E-state index contributed by atoms with van der Waals surface area (Å²) in [5, 5.41) is 8.06. The minimum absolute atomic E-state index is 0.235. The number of amides is 5. The summed E-state index contributed by atoms with van der Waals surface area (Å²) in [6.45, 7) is 1.97. The van der Waals surface area contributed by atoms with Gasteiger partial charge in [0.05, 0.1) is 0 Å². The third-order valence-electron chi connectivity index (χ3n) is 4.75. The predicted octanol–water partition coefficient (Wildman–Crippen LogP) is 1.24. The fourth-order valence-electron chi connectivity index (χ4n) is 3.48. The molecule has 5 amide bonds. The molecule has 1 aliphatic heterocycles. The number of carbonyl (C=O) groups excluding carboxylic acids is 4. The van der Waals surface area contributed by atoms with Crippen LogP contribution in [0.2, 0.25) is 0 Å². The van der Waals surface area contributed by atoms with Gasteiger partial charge in [0, 0.05) is 17.8 Å². The minimum atomic E-state index is -0.824. The molecule has 8 nitrogen and oxygen atoms in total. The summed E-state index contributed by atoms with van der Waals surface area (Å²) in [5.41, 5.74) is 0.0288. The molecule has 138 valence electrons. The third kappa shape index (κ3) is 3.40. The van der Waals surface area contributed by atoms with Crippen LogP contribution in [0.3, 0.4) is 0 Å². The highest BCUT2D eigenvalue weighted by Gasteiger charge is 2.52. The second-order valence-corrected chi connectivity index (χ2v) is 6.60. The van der Waals surface area contributed by atoms with E-state index in [1.807, 2.05) is 6.92 Å². The number of nitrogens with zero attached hydrogens (tertiary/aromatic N) is 1. The van der Waals surface area contributed by atoms with Gasteiger partial charge in [-0.25, -0.2) is 4.79 Å². The molecular formula is C18H22N4O4. The normalized spacial score (nSPS) is 18.1. The van der Waals surface area contributed by atoms with Gasteiger partial charge in [-0.3, -0.25) is 19.3 Å². The van der Waals surface area contributed by atoms with E-state index in [0.717, 1.165) is 17.7 Å². The van der Waals surface area contributed by atoms with Gasteiger partial charge in [0.2, 0.25) is 5.91 Å². The third-order valence-corrected chi connectivity index (χ3v) is 4.75. The fraction of sp³-hybridized carbons (Fsp3) is 0.444. The predicted molar refractivity (Wildman–Crippen MR) is 94.5 cm³/mol. The summed E-state index contributed by atoms with van der Waals surface area (Å²) in [4.78, 5) is 49.8. The maximum atomic E-state index is 12.6. The maximum absolute atomic E-state index is 12.6. The number of imide groups is 1. The van der Waals surface area contributed by atoms with Crippen molar-refractivity contribution in [2.45, 2.75) is 38.1 Å². The molecule has 0 atom stereocenters. The molecule has 1 aromatic rings. The van der Waals surface area contributed by atoms with Gasteiger partial charge >= 0.3 is 6.03 Å². The molecule has 26 heavy (non-hydrogen) atoms. The molecule has 1 aromatic carbocycles. The molecule has 2 aliphatic rings. The Labute approximate surface area is 151 Å². The number of urea groups is 1. The van der Waals surface area contributed by atoms with Crippen LogP contribution in [0.5, 0.6) is 0 Å². The quantitative estimate of drug-likeness (QED) is 0.688. The van der Waals surface area contributed by atoms with Gasteiger partial charge in [0.25, 0.3) is 11.8 Å². The van der Waals surface area contributed by atoms with Crippen molar-refractivity contribution in [1.82, 2.24) is 15.5 Å². The van der Waals surface area contributed by atoms with Crippen molar-refractivity contribution < 1.29 is 19.2 Å². The molecule has 8 heteroatoms. The van der Waals surface area contributed by atoms with Crippen LogP contribution in [0.4, 0.5) is 10.5 Å². The molecule has 1 aliphatic carbocycles. The largest absolute Gasteiger partial charge is 0.352 e. The van der Waals surface area contributed by atoms with E-state index in [2.05, 4.69) is 16.0 Å². The zero-order valence-electron chi connectivity index (χ0n) is 14.6. The summed E-state index contributed by atoms with van der Waals surface area (Å²) in [7, 11) is 0. The Kier molecular flexibility index (Phi) is 4.92. The number of benzene rings is 1. The van der Waals surface area contributed by atoms with E-state index in [1.54, 1.807) is 24.3 Å². The first-order chi connectivity index (χ1) is 12.4. The summed E-state index contributed by atoms with van der Waals surface area (Å²) in [5.74, 6) is -1.05. The number of hydrogen-bond acceptors (Lipinski definition) is 4. The van der Waals surface area contributed by atoms with E-state index in [1.165, 1.54) is 0 Å². The molecule has 1 heterocycles. The molecule has 1 spiro atoms. The highest BCUT2D eigenvalue weighted by atomic mass is 16.2. The van der Waals surface area contributed by atoms with Crippen LogP contribution in [-0.4, -0.2) is 47.3 Å². The lowest BCUT2D eigenvalue weighted by molar-refractivity contribution is -0.133. The SMILES string of the molecule is CCNC(=O)c1cccc(NC(=O)CN2C(=O)NC3(CCCC3)C2=O)c1. The molecule has 3 rings (SSSR count). The van der Waals surface area contributed by atoms with Crippen molar-refractivity contribution in [3.63, 3.8) is 0 Å². The van der Waals surface area contributed by atoms with Crippen LogP contribution in [-0.2, 0) is 9.59 Å². The molecular weight excluding hydrogens is 336 g/mol.